The highest BCUT2D eigenvalue weighted by Crippen LogP contribution is 2.18. The highest BCUT2D eigenvalue weighted by atomic mass is 16.5. The van der Waals surface area contributed by atoms with E-state index in [2.05, 4.69) is 10.6 Å². The summed E-state index contributed by atoms with van der Waals surface area (Å²) in [5.41, 5.74) is 1.02. The molecule has 0 radical (unpaired) electrons. The molecule has 104 valence electrons. The third kappa shape index (κ3) is 3.68. The number of carbonyl (C=O) groups is 1. The number of ether oxygens (including phenoxy) is 2. The van der Waals surface area contributed by atoms with Crippen molar-refractivity contribution in [1.82, 2.24) is 10.6 Å². The van der Waals surface area contributed by atoms with Gasteiger partial charge in [0.2, 0.25) is 5.91 Å². The Morgan fingerprint density at radius 3 is 3.11 bits per heavy atom. The van der Waals surface area contributed by atoms with Crippen LogP contribution in [-0.2, 0) is 9.53 Å². The number of carbonyl (C=O) groups excluding carboxylic acids is 1. The van der Waals surface area contributed by atoms with Crippen molar-refractivity contribution in [3.05, 3.63) is 29.8 Å². The number of nitrogens with one attached hydrogen (secondary N) is 2. The SMILES string of the molecule is COc1cccc([C@@H](C)NC(=O)C2COCCN2)c1. The Morgan fingerprint density at radius 2 is 2.42 bits per heavy atom. The minimum absolute atomic E-state index is 0.0324. The Morgan fingerprint density at radius 1 is 1.58 bits per heavy atom. The molecule has 1 aliphatic heterocycles. The van der Waals surface area contributed by atoms with Crippen LogP contribution < -0.4 is 15.4 Å². The molecular weight excluding hydrogens is 244 g/mol. The van der Waals surface area contributed by atoms with Crippen LogP contribution in [0.5, 0.6) is 5.75 Å². The van der Waals surface area contributed by atoms with E-state index in [9.17, 15) is 4.79 Å². The van der Waals surface area contributed by atoms with Crippen LogP contribution in [0.4, 0.5) is 0 Å². The summed E-state index contributed by atoms with van der Waals surface area (Å²) in [5.74, 6) is 0.757. The highest BCUT2D eigenvalue weighted by molar-refractivity contribution is 5.82. The summed E-state index contributed by atoms with van der Waals surface area (Å²) in [6, 6.07) is 7.37. The van der Waals surface area contributed by atoms with Crippen molar-refractivity contribution in [2.75, 3.05) is 26.9 Å². The predicted molar refractivity (Wildman–Crippen MR) is 72.2 cm³/mol. The minimum Gasteiger partial charge on any atom is -0.497 e. The van der Waals surface area contributed by atoms with E-state index >= 15 is 0 Å². The van der Waals surface area contributed by atoms with Crippen molar-refractivity contribution in [1.29, 1.82) is 0 Å². The first-order chi connectivity index (χ1) is 9.20. The predicted octanol–water partition coefficient (Wildman–Crippen LogP) is 0.861. The Balaban J connectivity index is 1.95. The molecule has 5 heteroatoms. The van der Waals surface area contributed by atoms with E-state index in [1.165, 1.54) is 0 Å². The molecular formula is C14H20N2O3. The molecule has 1 fully saturated rings. The molecule has 1 aromatic rings. The van der Waals surface area contributed by atoms with Gasteiger partial charge in [-0.05, 0) is 24.6 Å². The Hall–Kier alpha value is -1.59. The van der Waals surface area contributed by atoms with Crippen LogP contribution in [0, 0.1) is 0 Å². The van der Waals surface area contributed by atoms with Crippen molar-refractivity contribution in [3.8, 4) is 5.75 Å². The maximum absolute atomic E-state index is 12.1. The molecule has 2 N–H and O–H groups in total. The van der Waals surface area contributed by atoms with Gasteiger partial charge < -0.3 is 20.1 Å². The highest BCUT2D eigenvalue weighted by Gasteiger charge is 2.22. The lowest BCUT2D eigenvalue weighted by atomic mass is 10.1. The number of hydrogen-bond donors (Lipinski definition) is 2. The molecule has 1 amide bonds. The van der Waals surface area contributed by atoms with Gasteiger partial charge >= 0.3 is 0 Å². The number of methoxy groups -OCH3 is 1. The van der Waals surface area contributed by atoms with Gasteiger partial charge in [0.05, 0.1) is 26.4 Å². The molecule has 0 aliphatic carbocycles. The summed E-state index contributed by atoms with van der Waals surface area (Å²) in [4.78, 5) is 12.1. The minimum atomic E-state index is -0.262. The fraction of sp³-hybridized carbons (Fsp3) is 0.500. The van der Waals surface area contributed by atoms with Gasteiger partial charge in [0, 0.05) is 6.54 Å². The zero-order valence-corrected chi connectivity index (χ0v) is 11.3. The molecule has 0 saturated carbocycles. The third-order valence-electron chi connectivity index (χ3n) is 3.19. The van der Waals surface area contributed by atoms with Gasteiger partial charge in [-0.25, -0.2) is 0 Å². The molecule has 1 aromatic carbocycles. The van der Waals surface area contributed by atoms with Crippen LogP contribution in [0.2, 0.25) is 0 Å². The van der Waals surface area contributed by atoms with Gasteiger partial charge in [-0.2, -0.15) is 0 Å². The second kappa shape index (κ2) is 6.54. The van der Waals surface area contributed by atoms with Gasteiger partial charge in [-0.1, -0.05) is 12.1 Å². The van der Waals surface area contributed by atoms with Gasteiger partial charge in [-0.3, -0.25) is 4.79 Å². The number of rotatable bonds is 4. The molecule has 2 atom stereocenters. The average molecular weight is 264 g/mol. The van der Waals surface area contributed by atoms with E-state index < -0.39 is 0 Å². The van der Waals surface area contributed by atoms with E-state index in [1.54, 1.807) is 7.11 Å². The second-order valence-corrected chi connectivity index (χ2v) is 4.59. The molecule has 0 aromatic heterocycles. The molecule has 1 saturated heterocycles. The molecule has 0 bridgehead atoms. The van der Waals surface area contributed by atoms with Crippen molar-refractivity contribution >= 4 is 5.91 Å². The molecule has 1 unspecified atom stereocenters. The first-order valence-electron chi connectivity index (χ1n) is 6.46. The number of amides is 1. The summed E-state index contributed by atoms with van der Waals surface area (Å²) in [6.45, 7) is 3.76. The quantitative estimate of drug-likeness (QED) is 0.847. The monoisotopic (exact) mass is 264 g/mol. The van der Waals surface area contributed by atoms with E-state index in [-0.39, 0.29) is 18.0 Å². The smallest absolute Gasteiger partial charge is 0.240 e. The van der Waals surface area contributed by atoms with Crippen molar-refractivity contribution in [3.63, 3.8) is 0 Å². The van der Waals surface area contributed by atoms with Crippen LogP contribution in [0.3, 0.4) is 0 Å². The van der Waals surface area contributed by atoms with Crippen LogP contribution in [0.25, 0.3) is 0 Å². The molecule has 1 aliphatic rings. The first-order valence-corrected chi connectivity index (χ1v) is 6.46. The van der Waals surface area contributed by atoms with E-state index in [1.807, 2.05) is 31.2 Å². The lowest BCUT2D eigenvalue weighted by molar-refractivity contribution is -0.126. The van der Waals surface area contributed by atoms with Crippen molar-refractivity contribution < 1.29 is 14.3 Å². The summed E-state index contributed by atoms with van der Waals surface area (Å²) < 4.78 is 10.5. The first kappa shape index (κ1) is 13.8. The lowest BCUT2D eigenvalue weighted by Gasteiger charge is -2.25. The van der Waals surface area contributed by atoms with Crippen molar-refractivity contribution in [2.45, 2.75) is 19.0 Å². The van der Waals surface area contributed by atoms with Gasteiger partial charge in [0.1, 0.15) is 11.8 Å². The summed E-state index contributed by atoms with van der Waals surface area (Å²) in [5, 5.41) is 6.12. The van der Waals surface area contributed by atoms with E-state index in [0.29, 0.717) is 19.8 Å². The maximum Gasteiger partial charge on any atom is 0.240 e. The number of morpholine rings is 1. The second-order valence-electron chi connectivity index (χ2n) is 4.59. The largest absolute Gasteiger partial charge is 0.497 e. The van der Waals surface area contributed by atoms with Gasteiger partial charge in [0.15, 0.2) is 0 Å². The van der Waals surface area contributed by atoms with Crippen LogP contribution >= 0.6 is 0 Å². The van der Waals surface area contributed by atoms with Crippen molar-refractivity contribution in [2.24, 2.45) is 0 Å². The van der Waals surface area contributed by atoms with Gasteiger partial charge in [-0.15, -0.1) is 0 Å². The standard InChI is InChI=1S/C14H20N2O3/c1-10(11-4-3-5-12(8-11)18-2)16-14(17)13-9-19-7-6-15-13/h3-5,8,10,13,15H,6-7,9H2,1-2H3,(H,16,17)/t10-,13?/m1/s1. The Labute approximate surface area is 113 Å². The maximum atomic E-state index is 12.1. The van der Waals surface area contributed by atoms with Crippen LogP contribution in [0.1, 0.15) is 18.5 Å². The van der Waals surface area contributed by atoms with Crippen LogP contribution in [0.15, 0.2) is 24.3 Å². The molecule has 0 spiro atoms. The number of hydrogen-bond acceptors (Lipinski definition) is 4. The fourth-order valence-corrected chi connectivity index (χ4v) is 2.04. The molecule has 19 heavy (non-hydrogen) atoms. The van der Waals surface area contributed by atoms with Crippen LogP contribution in [-0.4, -0.2) is 38.8 Å². The van der Waals surface area contributed by atoms with E-state index in [4.69, 9.17) is 9.47 Å². The third-order valence-corrected chi connectivity index (χ3v) is 3.19. The zero-order chi connectivity index (χ0) is 13.7. The summed E-state index contributed by atoms with van der Waals surface area (Å²) >= 11 is 0. The molecule has 5 nitrogen and oxygen atoms in total. The average Bonchev–Trinajstić information content (AvgIpc) is 2.48. The fourth-order valence-electron chi connectivity index (χ4n) is 2.04. The Kier molecular flexibility index (Phi) is 4.76. The van der Waals surface area contributed by atoms with Gasteiger partial charge in [0.25, 0.3) is 0 Å². The lowest BCUT2D eigenvalue weighted by Crippen LogP contribution is -2.51. The normalized spacial score (nSPS) is 20.6. The molecule has 2 rings (SSSR count). The molecule has 1 heterocycles. The zero-order valence-electron chi connectivity index (χ0n) is 11.3. The van der Waals surface area contributed by atoms with E-state index in [0.717, 1.165) is 11.3 Å². The number of benzene rings is 1. The summed E-state index contributed by atoms with van der Waals surface area (Å²) in [7, 11) is 1.63. The Bertz CT molecular complexity index is 430. The summed E-state index contributed by atoms with van der Waals surface area (Å²) in [6.07, 6.45) is 0. The topological polar surface area (TPSA) is 59.6 Å².